The molecule has 0 unspecified atom stereocenters. The molecule has 0 atom stereocenters. The molecule has 1 aromatic carbocycles. The van der Waals surface area contributed by atoms with Crippen LogP contribution >= 0.6 is 0 Å². The SMILES string of the molecule is CCCCNC(=N)/C(C)=C(/C=C\N(C=O)Cc1ccc(CN2CCN(C(=O)OC)CC2)cc1)\N=C\N. The minimum atomic E-state index is -0.276. The lowest BCUT2D eigenvalue weighted by Gasteiger charge is -2.33. The van der Waals surface area contributed by atoms with Gasteiger partial charge in [-0.2, -0.15) is 0 Å². The molecule has 1 heterocycles. The first kappa shape index (κ1) is 28.6. The van der Waals surface area contributed by atoms with E-state index in [1.165, 1.54) is 23.9 Å². The summed E-state index contributed by atoms with van der Waals surface area (Å²) in [5, 5.41) is 11.3. The number of methoxy groups -OCH3 is 1. The average molecular weight is 498 g/mol. The highest BCUT2D eigenvalue weighted by Crippen LogP contribution is 2.13. The van der Waals surface area contributed by atoms with Crippen LogP contribution in [0.3, 0.4) is 0 Å². The molecule has 0 saturated carbocycles. The maximum Gasteiger partial charge on any atom is 0.409 e. The second-order valence-corrected chi connectivity index (χ2v) is 8.59. The van der Waals surface area contributed by atoms with Crippen molar-refractivity contribution < 1.29 is 14.3 Å². The fraction of sp³-hybridized carbons (Fsp3) is 0.462. The fourth-order valence-electron chi connectivity index (χ4n) is 3.72. The molecule has 0 bridgehead atoms. The number of ether oxygens (including phenoxy) is 1. The number of hydrogen-bond acceptors (Lipinski definition) is 6. The molecule has 36 heavy (non-hydrogen) atoms. The average Bonchev–Trinajstić information content (AvgIpc) is 2.90. The molecule has 1 fully saturated rings. The zero-order valence-electron chi connectivity index (χ0n) is 21.6. The first-order chi connectivity index (χ1) is 17.4. The Balaban J connectivity index is 1.95. The van der Waals surface area contributed by atoms with Gasteiger partial charge in [-0.25, -0.2) is 9.79 Å². The van der Waals surface area contributed by atoms with Crippen LogP contribution in [0, 0.1) is 5.41 Å². The van der Waals surface area contributed by atoms with Gasteiger partial charge in [0.25, 0.3) is 0 Å². The maximum atomic E-state index is 11.7. The van der Waals surface area contributed by atoms with Gasteiger partial charge >= 0.3 is 6.09 Å². The van der Waals surface area contributed by atoms with E-state index in [0.717, 1.165) is 51.0 Å². The van der Waals surface area contributed by atoms with Gasteiger partial charge in [-0.15, -0.1) is 0 Å². The molecule has 1 aliphatic heterocycles. The molecule has 2 amide bonds. The molecule has 10 heteroatoms. The van der Waals surface area contributed by atoms with Crippen molar-refractivity contribution in [1.29, 1.82) is 5.41 Å². The van der Waals surface area contributed by atoms with Crippen molar-refractivity contribution in [2.45, 2.75) is 39.8 Å². The minimum Gasteiger partial charge on any atom is -0.453 e. The summed E-state index contributed by atoms with van der Waals surface area (Å²) in [6.07, 6.45) is 7.02. The minimum absolute atomic E-state index is 0.276. The van der Waals surface area contributed by atoms with Crippen LogP contribution in [0.25, 0.3) is 0 Å². The summed E-state index contributed by atoms with van der Waals surface area (Å²) in [4.78, 5) is 33.0. The molecule has 2 rings (SSSR count). The summed E-state index contributed by atoms with van der Waals surface area (Å²) in [7, 11) is 1.40. The smallest absolute Gasteiger partial charge is 0.409 e. The lowest BCUT2D eigenvalue weighted by molar-refractivity contribution is -0.116. The molecule has 196 valence electrons. The third-order valence-electron chi connectivity index (χ3n) is 5.96. The summed E-state index contributed by atoms with van der Waals surface area (Å²) in [5.74, 6) is 0.286. The number of nitrogens with two attached hydrogens (primary N) is 1. The van der Waals surface area contributed by atoms with E-state index in [9.17, 15) is 9.59 Å². The highest BCUT2D eigenvalue weighted by Gasteiger charge is 2.21. The van der Waals surface area contributed by atoms with Crippen LogP contribution in [0.5, 0.6) is 0 Å². The zero-order chi connectivity index (χ0) is 26.3. The third-order valence-corrected chi connectivity index (χ3v) is 5.96. The van der Waals surface area contributed by atoms with E-state index in [-0.39, 0.29) is 11.9 Å². The Labute approximate surface area is 214 Å². The molecule has 4 N–H and O–H groups in total. The van der Waals surface area contributed by atoms with Crippen LogP contribution < -0.4 is 11.1 Å². The lowest BCUT2D eigenvalue weighted by atomic mass is 10.1. The van der Waals surface area contributed by atoms with Crippen LogP contribution in [0.4, 0.5) is 4.79 Å². The molecular formula is C26H39N7O3. The largest absolute Gasteiger partial charge is 0.453 e. The second kappa shape index (κ2) is 15.4. The van der Waals surface area contributed by atoms with Crippen LogP contribution in [0.15, 0.2) is 52.8 Å². The van der Waals surface area contributed by atoms with Gasteiger partial charge in [0.1, 0.15) is 5.84 Å². The van der Waals surface area contributed by atoms with Crippen molar-refractivity contribution in [3.8, 4) is 0 Å². The molecule has 0 aliphatic carbocycles. The van der Waals surface area contributed by atoms with Crippen molar-refractivity contribution >= 4 is 24.7 Å². The van der Waals surface area contributed by atoms with E-state index in [4.69, 9.17) is 15.9 Å². The van der Waals surface area contributed by atoms with Gasteiger partial charge in [0.05, 0.1) is 19.1 Å². The monoisotopic (exact) mass is 497 g/mol. The summed E-state index contributed by atoms with van der Waals surface area (Å²) in [6, 6.07) is 8.15. The van der Waals surface area contributed by atoms with E-state index in [2.05, 4.69) is 34.3 Å². The van der Waals surface area contributed by atoms with Gasteiger partial charge in [0.2, 0.25) is 6.41 Å². The second-order valence-electron chi connectivity index (χ2n) is 8.59. The standard InChI is InChI=1S/C26H39N7O3/c1-4-5-11-29-25(28)21(2)24(30-19-27)10-12-32(20-34)18-23-8-6-22(7-9-23)17-31-13-15-33(16-14-31)26(35)36-3/h6-10,12,19-20H,4-5,11,13-18H2,1-3H3,(H2,27,30)(H2,28,29)/b12-10-,24-21-. The number of carbonyl (C=O) groups is 2. The topological polar surface area (TPSA) is 127 Å². The van der Waals surface area contributed by atoms with E-state index in [1.807, 2.05) is 12.1 Å². The predicted octanol–water partition coefficient (Wildman–Crippen LogP) is 2.67. The predicted molar refractivity (Wildman–Crippen MR) is 142 cm³/mol. The summed E-state index contributed by atoms with van der Waals surface area (Å²) >= 11 is 0. The first-order valence-electron chi connectivity index (χ1n) is 12.2. The van der Waals surface area contributed by atoms with Crippen molar-refractivity contribution in [2.24, 2.45) is 10.7 Å². The van der Waals surface area contributed by atoms with Crippen molar-refractivity contribution in [1.82, 2.24) is 20.0 Å². The number of nitrogens with one attached hydrogen (secondary N) is 2. The quantitative estimate of drug-likeness (QED) is 0.134. The summed E-state index contributed by atoms with van der Waals surface area (Å²) in [6.45, 7) is 8.73. The number of amidine groups is 1. The zero-order valence-corrected chi connectivity index (χ0v) is 21.6. The number of aliphatic imine (C=N–C) groups is 1. The molecule has 10 nitrogen and oxygen atoms in total. The molecule has 0 radical (unpaired) electrons. The Kier molecular flexibility index (Phi) is 12.2. The van der Waals surface area contributed by atoms with E-state index < -0.39 is 0 Å². The van der Waals surface area contributed by atoms with Crippen LogP contribution in [0.2, 0.25) is 0 Å². The first-order valence-corrected chi connectivity index (χ1v) is 12.2. The Bertz CT molecular complexity index is 949. The van der Waals surface area contributed by atoms with Crippen LogP contribution in [0.1, 0.15) is 37.8 Å². The van der Waals surface area contributed by atoms with Gasteiger partial charge in [-0.05, 0) is 30.5 Å². The van der Waals surface area contributed by atoms with Crippen molar-refractivity contribution in [3.63, 3.8) is 0 Å². The van der Waals surface area contributed by atoms with Crippen LogP contribution in [-0.4, -0.2) is 79.2 Å². The number of allylic oxidation sites excluding steroid dienone is 1. The Morgan fingerprint density at radius 3 is 2.47 bits per heavy atom. The summed E-state index contributed by atoms with van der Waals surface area (Å²) < 4.78 is 4.79. The van der Waals surface area contributed by atoms with E-state index in [0.29, 0.717) is 30.9 Å². The molecule has 0 spiro atoms. The number of benzene rings is 1. The number of carbonyl (C=O) groups excluding carboxylic acids is 2. The third kappa shape index (κ3) is 9.18. The number of unbranched alkanes of at least 4 members (excludes halogenated alkanes) is 1. The number of amides is 2. The van der Waals surface area contributed by atoms with Gasteiger partial charge in [0, 0.05) is 57.6 Å². The molecule has 1 saturated heterocycles. The van der Waals surface area contributed by atoms with Gasteiger partial charge in [0.15, 0.2) is 0 Å². The highest BCUT2D eigenvalue weighted by molar-refractivity contribution is 5.96. The number of nitrogens with zero attached hydrogens (tertiary/aromatic N) is 4. The fourth-order valence-corrected chi connectivity index (χ4v) is 3.72. The Hall–Kier alpha value is -3.66. The number of hydrogen-bond donors (Lipinski definition) is 3. The Morgan fingerprint density at radius 1 is 1.22 bits per heavy atom. The van der Waals surface area contributed by atoms with Crippen molar-refractivity contribution in [3.05, 3.63) is 58.9 Å². The lowest BCUT2D eigenvalue weighted by Crippen LogP contribution is -2.48. The molecule has 1 aliphatic rings. The Morgan fingerprint density at radius 2 is 1.89 bits per heavy atom. The molecule has 1 aromatic rings. The number of rotatable bonds is 12. The molecule has 0 aromatic heterocycles. The van der Waals surface area contributed by atoms with Crippen LogP contribution in [-0.2, 0) is 22.6 Å². The normalized spacial score (nSPS) is 15.1. The van der Waals surface area contributed by atoms with E-state index in [1.54, 1.807) is 24.1 Å². The number of piperazine rings is 1. The van der Waals surface area contributed by atoms with Gasteiger partial charge in [-0.3, -0.25) is 15.1 Å². The molecular weight excluding hydrogens is 458 g/mol. The van der Waals surface area contributed by atoms with Gasteiger partial charge in [-0.1, -0.05) is 37.6 Å². The van der Waals surface area contributed by atoms with Crippen molar-refractivity contribution in [2.75, 3.05) is 39.8 Å². The summed E-state index contributed by atoms with van der Waals surface area (Å²) in [5.41, 5.74) is 8.82. The maximum absolute atomic E-state index is 11.7. The van der Waals surface area contributed by atoms with E-state index >= 15 is 0 Å². The highest BCUT2D eigenvalue weighted by atomic mass is 16.5. The van der Waals surface area contributed by atoms with Gasteiger partial charge < -0.3 is 25.6 Å².